The summed E-state index contributed by atoms with van der Waals surface area (Å²) in [6.07, 6.45) is 2.39. The molecule has 27 heavy (non-hydrogen) atoms. The van der Waals surface area contributed by atoms with Crippen LogP contribution in [0.15, 0.2) is 29.3 Å². The summed E-state index contributed by atoms with van der Waals surface area (Å²) in [7, 11) is 0. The Balaban J connectivity index is 0.00000364. The molecule has 5 nitrogen and oxygen atoms in total. The number of hydrogen-bond acceptors (Lipinski definition) is 3. The molecule has 1 fully saturated rings. The van der Waals surface area contributed by atoms with Crippen molar-refractivity contribution in [3.8, 4) is 0 Å². The zero-order valence-electron chi connectivity index (χ0n) is 17.1. The molecular weight excluding hydrogens is 453 g/mol. The molecule has 0 saturated carbocycles. The van der Waals surface area contributed by atoms with Crippen LogP contribution in [0.3, 0.4) is 0 Å². The van der Waals surface area contributed by atoms with Gasteiger partial charge in [0.05, 0.1) is 18.2 Å². The maximum absolute atomic E-state index is 10.6. The van der Waals surface area contributed by atoms with Crippen molar-refractivity contribution in [3.05, 3.63) is 35.4 Å². The number of benzene rings is 1. The first-order chi connectivity index (χ1) is 12.4. The zero-order valence-corrected chi connectivity index (χ0v) is 19.5. The zero-order chi connectivity index (χ0) is 19.0. The van der Waals surface area contributed by atoms with Gasteiger partial charge in [-0.15, -0.1) is 24.0 Å². The Morgan fingerprint density at radius 3 is 2.37 bits per heavy atom. The van der Waals surface area contributed by atoms with Gasteiger partial charge in [-0.1, -0.05) is 38.1 Å². The molecule has 2 rings (SSSR count). The van der Waals surface area contributed by atoms with Crippen molar-refractivity contribution >= 4 is 29.9 Å². The van der Waals surface area contributed by atoms with Gasteiger partial charge >= 0.3 is 0 Å². The second-order valence-electron chi connectivity index (χ2n) is 7.74. The fourth-order valence-corrected chi connectivity index (χ4v) is 3.16. The molecule has 0 spiro atoms. The van der Waals surface area contributed by atoms with E-state index in [0.29, 0.717) is 38.5 Å². The molecule has 0 radical (unpaired) electrons. The van der Waals surface area contributed by atoms with Crippen LogP contribution in [0, 0.1) is 5.92 Å². The van der Waals surface area contributed by atoms with E-state index in [1.54, 1.807) is 0 Å². The van der Waals surface area contributed by atoms with Gasteiger partial charge in [-0.2, -0.15) is 0 Å². The van der Waals surface area contributed by atoms with E-state index in [9.17, 15) is 5.11 Å². The van der Waals surface area contributed by atoms with E-state index in [1.165, 1.54) is 11.1 Å². The largest absolute Gasteiger partial charge is 0.388 e. The molecule has 1 aromatic carbocycles. The molecule has 1 unspecified atom stereocenters. The lowest BCUT2D eigenvalue weighted by Crippen LogP contribution is -2.43. The van der Waals surface area contributed by atoms with Crippen molar-refractivity contribution in [1.82, 2.24) is 10.6 Å². The van der Waals surface area contributed by atoms with Gasteiger partial charge in [0, 0.05) is 32.6 Å². The highest BCUT2D eigenvalue weighted by molar-refractivity contribution is 14.0. The van der Waals surface area contributed by atoms with Crippen molar-refractivity contribution in [1.29, 1.82) is 0 Å². The highest BCUT2D eigenvalue weighted by atomic mass is 127. The van der Waals surface area contributed by atoms with Crippen molar-refractivity contribution < 1.29 is 9.84 Å². The van der Waals surface area contributed by atoms with Crippen LogP contribution < -0.4 is 10.6 Å². The summed E-state index contributed by atoms with van der Waals surface area (Å²) in [4.78, 5) is 4.62. The standard InChI is InChI=1S/C21H35N3O2.HI/c1-5-22-20(23-15-21(25)10-12-26-13-11-21)24-17(4)19-8-6-18(7-9-19)14-16(2)3;/h6-9,16-17,25H,5,10-15H2,1-4H3,(H2,22,23,24);1H. The molecule has 1 atom stereocenters. The summed E-state index contributed by atoms with van der Waals surface area (Å²) in [6.45, 7) is 11.1. The van der Waals surface area contributed by atoms with Gasteiger partial charge in [-0.3, -0.25) is 4.99 Å². The number of aliphatic imine (C=N–C) groups is 1. The Labute approximate surface area is 181 Å². The first-order valence-electron chi connectivity index (χ1n) is 9.85. The van der Waals surface area contributed by atoms with Crippen LogP contribution in [0.4, 0.5) is 0 Å². The molecule has 0 aromatic heterocycles. The van der Waals surface area contributed by atoms with E-state index >= 15 is 0 Å². The average Bonchev–Trinajstić information content (AvgIpc) is 2.60. The minimum Gasteiger partial charge on any atom is -0.388 e. The lowest BCUT2D eigenvalue weighted by molar-refractivity contribution is -0.0566. The molecule has 3 N–H and O–H groups in total. The van der Waals surface area contributed by atoms with Gasteiger partial charge in [0.1, 0.15) is 0 Å². The third kappa shape index (κ3) is 8.35. The molecule has 154 valence electrons. The minimum atomic E-state index is -0.748. The van der Waals surface area contributed by atoms with Gasteiger partial charge in [0.15, 0.2) is 5.96 Å². The van der Waals surface area contributed by atoms with Crippen LogP contribution in [0.2, 0.25) is 0 Å². The third-order valence-electron chi connectivity index (χ3n) is 4.78. The fraction of sp³-hybridized carbons (Fsp3) is 0.667. The number of guanidine groups is 1. The summed E-state index contributed by atoms with van der Waals surface area (Å²) in [5, 5.41) is 17.3. The predicted molar refractivity (Wildman–Crippen MR) is 123 cm³/mol. The number of hydrogen-bond donors (Lipinski definition) is 3. The number of aliphatic hydroxyl groups is 1. The summed E-state index contributed by atoms with van der Waals surface area (Å²) in [5.41, 5.74) is 1.86. The molecule has 1 saturated heterocycles. The molecule has 0 bridgehead atoms. The van der Waals surface area contributed by atoms with Gasteiger partial charge < -0.3 is 20.5 Å². The summed E-state index contributed by atoms with van der Waals surface area (Å²) in [6, 6.07) is 8.94. The van der Waals surface area contributed by atoms with Gasteiger partial charge in [0.25, 0.3) is 0 Å². The van der Waals surface area contributed by atoms with Crippen LogP contribution in [-0.2, 0) is 11.2 Å². The monoisotopic (exact) mass is 489 g/mol. The lowest BCUT2D eigenvalue weighted by atomic mass is 9.95. The molecule has 0 amide bonds. The highest BCUT2D eigenvalue weighted by Gasteiger charge is 2.29. The van der Waals surface area contributed by atoms with E-state index in [1.807, 2.05) is 6.92 Å². The topological polar surface area (TPSA) is 65.9 Å². The molecule has 1 aromatic rings. The van der Waals surface area contributed by atoms with Crippen molar-refractivity contribution in [2.24, 2.45) is 10.9 Å². The lowest BCUT2D eigenvalue weighted by Gasteiger charge is -2.30. The summed E-state index contributed by atoms with van der Waals surface area (Å²) >= 11 is 0. The number of nitrogens with zero attached hydrogens (tertiary/aromatic N) is 1. The van der Waals surface area contributed by atoms with E-state index in [2.05, 4.69) is 60.7 Å². The van der Waals surface area contributed by atoms with Gasteiger partial charge in [0.2, 0.25) is 0 Å². The second kappa shape index (κ2) is 11.9. The van der Waals surface area contributed by atoms with E-state index in [4.69, 9.17) is 4.74 Å². The molecule has 1 aliphatic heterocycles. The normalized spacial score (nSPS) is 17.9. The van der Waals surface area contributed by atoms with Crippen LogP contribution in [0.5, 0.6) is 0 Å². The highest BCUT2D eigenvalue weighted by Crippen LogP contribution is 2.21. The Kier molecular flexibility index (Phi) is 10.6. The molecule has 0 aliphatic carbocycles. The Bertz CT molecular complexity index is 569. The maximum atomic E-state index is 10.6. The van der Waals surface area contributed by atoms with Crippen molar-refractivity contribution in [2.45, 2.75) is 58.6 Å². The number of nitrogens with one attached hydrogen (secondary N) is 2. The molecule has 6 heteroatoms. The Hall–Kier alpha value is -0.860. The number of halogens is 1. The Morgan fingerprint density at radius 1 is 1.19 bits per heavy atom. The van der Waals surface area contributed by atoms with Crippen LogP contribution in [-0.4, -0.2) is 43.0 Å². The number of rotatable bonds is 7. The van der Waals surface area contributed by atoms with Crippen LogP contribution >= 0.6 is 24.0 Å². The second-order valence-corrected chi connectivity index (χ2v) is 7.74. The molecule has 1 aliphatic rings. The average molecular weight is 489 g/mol. The quantitative estimate of drug-likeness (QED) is 0.311. The smallest absolute Gasteiger partial charge is 0.191 e. The maximum Gasteiger partial charge on any atom is 0.191 e. The first-order valence-corrected chi connectivity index (χ1v) is 9.85. The van der Waals surface area contributed by atoms with Crippen molar-refractivity contribution in [2.75, 3.05) is 26.3 Å². The van der Waals surface area contributed by atoms with Crippen LogP contribution in [0.1, 0.15) is 57.7 Å². The van der Waals surface area contributed by atoms with E-state index in [-0.39, 0.29) is 30.0 Å². The molecular formula is C21H36IN3O2. The first kappa shape index (κ1) is 24.2. The van der Waals surface area contributed by atoms with E-state index < -0.39 is 5.60 Å². The summed E-state index contributed by atoms with van der Waals surface area (Å²) < 4.78 is 5.34. The van der Waals surface area contributed by atoms with Crippen molar-refractivity contribution in [3.63, 3.8) is 0 Å². The summed E-state index contributed by atoms with van der Waals surface area (Å²) in [5.74, 6) is 1.41. The van der Waals surface area contributed by atoms with Gasteiger partial charge in [-0.05, 0) is 37.3 Å². The van der Waals surface area contributed by atoms with Gasteiger partial charge in [-0.25, -0.2) is 0 Å². The molecule has 1 heterocycles. The van der Waals surface area contributed by atoms with E-state index in [0.717, 1.165) is 18.9 Å². The predicted octanol–water partition coefficient (Wildman–Crippen LogP) is 3.66. The fourth-order valence-electron chi connectivity index (χ4n) is 3.16. The Morgan fingerprint density at radius 2 is 1.81 bits per heavy atom. The third-order valence-corrected chi connectivity index (χ3v) is 4.78. The van der Waals surface area contributed by atoms with Crippen LogP contribution in [0.25, 0.3) is 0 Å². The number of ether oxygens (including phenoxy) is 1. The SMILES string of the molecule is CCNC(=NCC1(O)CCOCC1)NC(C)c1ccc(CC(C)C)cc1.I. The minimum absolute atomic E-state index is 0.